The van der Waals surface area contributed by atoms with E-state index in [1.807, 2.05) is 0 Å². The Kier molecular flexibility index (Phi) is 3.67. The highest BCUT2D eigenvalue weighted by atomic mass is 79.9. The number of hydrazine groups is 1. The topological polar surface area (TPSA) is 97.1 Å². The van der Waals surface area contributed by atoms with Gasteiger partial charge in [-0.25, -0.2) is 4.98 Å². The van der Waals surface area contributed by atoms with E-state index in [4.69, 9.17) is 11.6 Å². The molecule has 0 unspecified atom stereocenters. The zero-order valence-corrected chi connectivity index (χ0v) is 12.6. The molecule has 8 nitrogen and oxygen atoms in total. The zero-order valence-electron chi connectivity index (χ0n) is 10.3. The summed E-state index contributed by atoms with van der Waals surface area (Å²) in [5, 5.41) is 11.8. The van der Waals surface area contributed by atoms with Crippen molar-refractivity contribution in [3.05, 3.63) is 45.9 Å². The summed E-state index contributed by atoms with van der Waals surface area (Å²) in [6.07, 6.45) is 2.96. The Morgan fingerprint density at radius 1 is 1.38 bits per heavy atom. The van der Waals surface area contributed by atoms with Crippen molar-refractivity contribution in [2.45, 2.75) is 0 Å². The molecule has 1 amide bonds. The molecule has 0 fully saturated rings. The summed E-state index contributed by atoms with van der Waals surface area (Å²) in [7, 11) is 0. The summed E-state index contributed by atoms with van der Waals surface area (Å²) in [6.45, 7) is 0. The smallest absolute Gasteiger partial charge is 0.272 e. The van der Waals surface area contributed by atoms with Gasteiger partial charge in [-0.05, 0) is 34.1 Å². The third kappa shape index (κ3) is 2.93. The van der Waals surface area contributed by atoms with Crippen molar-refractivity contribution in [3.8, 4) is 0 Å². The monoisotopic (exact) mass is 367 g/mol. The minimum atomic E-state index is -0.431. The highest BCUT2D eigenvalue weighted by Gasteiger charge is 2.12. The summed E-state index contributed by atoms with van der Waals surface area (Å²) in [5.41, 5.74) is 6.01. The number of pyridine rings is 1. The minimum absolute atomic E-state index is 0.111. The normalized spacial score (nSPS) is 10.6. The maximum atomic E-state index is 12.0. The molecule has 0 saturated heterocycles. The third-order valence-corrected chi connectivity index (χ3v) is 3.25. The number of rotatable bonds is 3. The number of amides is 1. The Hall–Kier alpha value is -2.26. The van der Waals surface area contributed by atoms with Gasteiger partial charge in [0.1, 0.15) is 11.5 Å². The lowest BCUT2D eigenvalue weighted by molar-refractivity contribution is 0.0962. The van der Waals surface area contributed by atoms with Crippen LogP contribution in [0, 0.1) is 0 Å². The Morgan fingerprint density at radius 3 is 3.10 bits per heavy atom. The van der Waals surface area contributed by atoms with Crippen LogP contribution in [-0.4, -0.2) is 30.7 Å². The van der Waals surface area contributed by atoms with Crippen LogP contribution in [-0.2, 0) is 0 Å². The average Bonchev–Trinajstić information content (AvgIpc) is 2.94. The number of nitrogens with one attached hydrogen (secondary N) is 2. The molecule has 21 heavy (non-hydrogen) atoms. The van der Waals surface area contributed by atoms with E-state index >= 15 is 0 Å². The molecule has 3 aromatic rings. The van der Waals surface area contributed by atoms with E-state index < -0.39 is 5.91 Å². The van der Waals surface area contributed by atoms with E-state index in [0.717, 1.165) is 0 Å². The molecule has 0 aromatic carbocycles. The van der Waals surface area contributed by atoms with Crippen molar-refractivity contribution >= 4 is 44.9 Å². The lowest BCUT2D eigenvalue weighted by atomic mass is 10.3. The van der Waals surface area contributed by atoms with Crippen LogP contribution in [0.3, 0.4) is 0 Å². The molecule has 0 radical (unpaired) electrons. The van der Waals surface area contributed by atoms with E-state index in [9.17, 15) is 4.79 Å². The van der Waals surface area contributed by atoms with Gasteiger partial charge in [-0.15, -0.1) is 15.3 Å². The molecule has 3 rings (SSSR count). The lowest BCUT2D eigenvalue weighted by Crippen LogP contribution is -2.30. The molecule has 3 aromatic heterocycles. The predicted molar refractivity (Wildman–Crippen MR) is 78.8 cm³/mol. The molecule has 10 heteroatoms. The first-order valence-corrected chi connectivity index (χ1v) is 6.85. The molecular formula is C11H7BrClN7O. The summed E-state index contributed by atoms with van der Waals surface area (Å²) in [5.74, 6) is -0.00539. The van der Waals surface area contributed by atoms with Crippen LogP contribution in [0.1, 0.15) is 10.4 Å². The van der Waals surface area contributed by atoms with Gasteiger partial charge in [-0.3, -0.25) is 15.6 Å². The number of carbonyl (C=O) groups excluding carboxylic acids is 1. The van der Waals surface area contributed by atoms with Gasteiger partial charge in [0.05, 0.1) is 5.56 Å². The summed E-state index contributed by atoms with van der Waals surface area (Å²) in [6, 6.07) is 4.94. The average molecular weight is 369 g/mol. The summed E-state index contributed by atoms with van der Waals surface area (Å²) < 4.78 is 2.13. The van der Waals surface area contributed by atoms with Crippen LogP contribution < -0.4 is 10.9 Å². The fraction of sp³-hybridized carbons (Fsp3) is 0. The van der Waals surface area contributed by atoms with Crippen molar-refractivity contribution in [2.24, 2.45) is 0 Å². The Morgan fingerprint density at radius 2 is 2.24 bits per heavy atom. The standard InChI is InChI=1S/C11H7BrClN7O/c12-6-3-7(10(13)14-4-6)11(21)18-16-8-1-2-9-17-15-5-20(9)19-8/h1-5H,(H,16,19)(H,18,21). The van der Waals surface area contributed by atoms with Gasteiger partial charge in [-0.2, -0.15) is 4.52 Å². The van der Waals surface area contributed by atoms with Crippen molar-refractivity contribution in [1.82, 2.24) is 30.2 Å². The molecule has 0 aliphatic rings. The van der Waals surface area contributed by atoms with Crippen LogP contribution in [0.5, 0.6) is 0 Å². The van der Waals surface area contributed by atoms with E-state index in [1.54, 1.807) is 18.2 Å². The number of halogens is 2. The molecule has 0 bridgehead atoms. The summed E-state index contributed by atoms with van der Waals surface area (Å²) in [4.78, 5) is 15.9. The highest BCUT2D eigenvalue weighted by Crippen LogP contribution is 2.17. The maximum Gasteiger partial charge on any atom is 0.272 e. The van der Waals surface area contributed by atoms with Gasteiger partial charge in [0, 0.05) is 10.7 Å². The van der Waals surface area contributed by atoms with Crippen LogP contribution >= 0.6 is 27.5 Å². The quantitative estimate of drug-likeness (QED) is 0.539. The number of hydrogen-bond acceptors (Lipinski definition) is 6. The molecular weight excluding hydrogens is 362 g/mol. The van der Waals surface area contributed by atoms with Crippen molar-refractivity contribution in [3.63, 3.8) is 0 Å². The Bertz CT molecular complexity index is 821. The van der Waals surface area contributed by atoms with Gasteiger partial charge in [0.2, 0.25) is 0 Å². The number of nitrogens with zero attached hydrogens (tertiary/aromatic N) is 5. The molecule has 0 atom stereocenters. The maximum absolute atomic E-state index is 12.0. The Balaban J connectivity index is 1.74. The van der Waals surface area contributed by atoms with Crippen LogP contribution in [0.4, 0.5) is 5.82 Å². The Labute approximate surface area is 131 Å². The highest BCUT2D eigenvalue weighted by molar-refractivity contribution is 9.10. The second kappa shape index (κ2) is 5.62. The van der Waals surface area contributed by atoms with Gasteiger partial charge in [0.15, 0.2) is 11.5 Å². The molecule has 0 saturated carbocycles. The first-order chi connectivity index (χ1) is 10.1. The van der Waals surface area contributed by atoms with Gasteiger partial charge >= 0.3 is 0 Å². The zero-order chi connectivity index (χ0) is 14.8. The molecule has 3 heterocycles. The van der Waals surface area contributed by atoms with Crippen molar-refractivity contribution in [2.75, 3.05) is 5.43 Å². The number of fused-ring (bicyclic) bond motifs is 1. The second-order valence-corrected chi connectivity index (χ2v) is 5.20. The molecule has 0 spiro atoms. The van der Waals surface area contributed by atoms with Gasteiger partial charge in [0.25, 0.3) is 5.91 Å². The molecule has 2 N–H and O–H groups in total. The lowest BCUT2D eigenvalue weighted by Gasteiger charge is -2.08. The molecule has 106 valence electrons. The fourth-order valence-electron chi connectivity index (χ4n) is 1.57. The fourth-order valence-corrected chi connectivity index (χ4v) is 2.09. The summed E-state index contributed by atoms with van der Waals surface area (Å²) >= 11 is 9.11. The number of carbonyl (C=O) groups is 1. The largest absolute Gasteiger partial charge is 0.280 e. The van der Waals surface area contributed by atoms with E-state index in [2.05, 4.69) is 47.1 Å². The van der Waals surface area contributed by atoms with Gasteiger partial charge < -0.3 is 0 Å². The van der Waals surface area contributed by atoms with Gasteiger partial charge in [-0.1, -0.05) is 11.6 Å². The van der Waals surface area contributed by atoms with Crippen LogP contribution in [0.15, 0.2) is 35.2 Å². The predicted octanol–water partition coefficient (Wildman–Crippen LogP) is 1.69. The molecule has 0 aliphatic carbocycles. The number of anilines is 1. The number of aromatic nitrogens is 5. The van der Waals surface area contributed by atoms with E-state index in [0.29, 0.717) is 15.9 Å². The van der Waals surface area contributed by atoms with E-state index in [1.165, 1.54) is 17.0 Å². The van der Waals surface area contributed by atoms with Crippen LogP contribution in [0.25, 0.3) is 5.65 Å². The molecule has 0 aliphatic heterocycles. The minimum Gasteiger partial charge on any atom is -0.280 e. The second-order valence-electron chi connectivity index (χ2n) is 3.92. The van der Waals surface area contributed by atoms with Crippen LogP contribution in [0.2, 0.25) is 5.15 Å². The van der Waals surface area contributed by atoms with Crippen molar-refractivity contribution < 1.29 is 4.79 Å². The van der Waals surface area contributed by atoms with Crippen molar-refractivity contribution in [1.29, 1.82) is 0 Å². The third-order valence-electron chi connectivity index (χ3n) is 2.52. The number of hydrogen-bond donors (Lipinski definition) is 2. The first-order valence-electron chi connectivity index (χ1n) is 5.68. The first kappa shape index (κ1) is 13.7. The SMILES string of the molecule is O=C(NNc1ccc2nncn2n1)c1cc(Br)cnc1Cl. The van der Waals surface area contributed by atoms with E-state index in [-0.39, 0.29) is 10.7 Å².